The Bertz CT molecular complexity index is 831. The van der Waals surface area contributed by atoms with E-state index < -0.39 is 5.97 Å². The van der Waals surface area contributed by atoms with E-state index in [4.69, 9.17) is 0 Å². The Morgan fingerprint density at radius 1 is 1.13 bits per heavy atom. The van der Waals surface area contributed by atoms with Gasteiger partial charge in [-0.25, -0.2) is 0 Å². The largest absolute Gasteiger partial charge is 0.549 e. The second-order valence-electron chi connectivity index (χ2n) is 5.01. The number of aryl methyl sites for hydroxylation is 1. The van der Waals surface area contributed by atoms with Gasteiger partial charge in [-0.05, 0) is 25.1 Å². The number of hydrogen-bond donors (Lipinski definition) is 0. The van der Waals surface area contributed by atoms with Crippen LogP contribution in [-0.2, 0) is 4.79 Å². The minimum atomic E-state index is -1.13. The van der Waals surface area contributed by atoms with Crippen molar-refractivity contribution in [2.24, 2.45) is 0 Å². The number of rotatable bonds is 5. The molecule has 0 aliphatic heterocycles. The van der Waals surface area contributed by atoms with Crippen molar-refractivity contribution in [1.82, 2.24) is 14.8 Å². The maximum Gasteiger partial charge on any atom is 0.196 e. The van der Waals surface area contributed by atoms with Gasteiger partial charge >= 0.3 is 0 Å². The molecule has 1 heterocycles. The van der Waals surface area contributed by atoms with E-state index in [2.05, 4.69) is 10.2 Å². The number of para-hydroxylation sites is 1. The highest BCUT2D eigenvalue weighted by Gasteiger charge is 2.16. The summed E-state index contributed by atoms with van der Waals surface area (Å²) in [5.41, 5.74) is 2.94. The molecule has 0 spiro atoms. The fraction of sp³-hybridized carbons (Fsp3) is 0.118. The van der Waals surface area contributed by atoms with Gasteiger partial charge in [-0.3, -0.25) is 4.57 Å². The van der Waals surface area contributed by atoms with E-state index in [0.29, 0.717) is 11.0 Å². The molecule has 3 rings (SSSR count). The molecule has 0 aliphatic carbocycles. The molecule has 2 aromatic carbocycles. The van der Waals surface area contributed by atoms with Crippen LogP contribution in [0.25, 0.3) is 17.1 Å². The van der Waals surface area contributed by atoms with Crippen LogP contribution in [0.3, 0.4) is 0 Å². The van der Waals surface area contributed by atoms with Gasteiger partial charge in [0.15, 0.2) is 11.0 Å². The number of carboxylic acids is 1. The van der Waals surface area contributed by atoms with Crippen molar-refractivity contribution in [3.63, 3.8) is 0 Å². The molecule has 0 amide bonds. The lowest BCUT2D eigenvalue weighted by atomic mass is 10.1. The van der Waals surface area contributed by atoms with Crippen LogP contribution in [0.2, 0.25) is 0 Å². The molecule has 0 fully saturated rings. The first-order valence-corrected chi connectivity index (χ1v) is 8.04. The minimum Gasteiger partial charge on any atom is -0.549 e. The van der Waals surface area contributed by atoms with Crippen molar-refractivity contribution in [1.29, 1.82) is 0 Å². The topological polar surface area (TPSA) is 70.8 Å². The third-order valence-electron chi connectivity index (χ3n) is 3.24. The summed E-state index contributed by atoms with van der Waals surface area (Å²) in [7, 11) is 0. The van der Waals surface area contributed by atoms with Crippen molar-refractivity contribution < 1.29 is 9.90 Å². The molecule has 0 saturated heterocycles. The predicted octanol–water partition coefficient (Wildman–Crippen LogP) is 2.08. The summed E-state index contributed by atoms with van der Waals surface area (Å²) in [6.07, 6.45) is 0. The van der Waals surface area contributed by atoms with Gasteiger partial charge in [-0.15, -0.1) is 10.2 Å². The summed E-state index contributed by atoms with van der Waals surface area (Å²) in [5, 5.41) is 19.7. The van der Waals surface area contributed by atoms with Crippen LogP contribution in [0.5, 0.6) is 0 Å². The molecule has 3 aromatic rings. The summed E-state index contributed by atoms with van der Waals surface area (Å²) in [6, 6.07) is 17.6. The van der Waals surface area contributed by atoms with E-state index in [9.17, 15) is 9.90 Å². The van der Waals surface area contributed by atoms with Crippen LogP contribution in [0.15, 0.2) is 59.8 Å². The first kappa shape index (κ1) is 15.3. The first-order valence-electron chi connectivity index (χ1n) is 7.05. The normalized spacial score (nSPS) is 10.7. The monoisotopic (exact) mass is 324 g/mol. The van der Waals surface area contributed by atoms with Gasteiger partial charge in [0.2, 0.25) is 0 Å². The quantitative estimate of drug-likeness (QED) is 0.672. The molecule has 116 valence electrons. The van der Waals surface area contributed by atoms with E-state index in [1.54, 1.807) is 0 Å². The van der Waals surface area contributed by atoms with Gasteiger partial charge in [0, 0.05) is 17.0 Å². The van der Waals surface area contributed by atoms with Gasteiger partial charge in [0.25, 0.3) is 0 Å². The van der Waals surface area contributed by atoms with Crippen molar-refractivity contribution in [3.05, 3.63) is 60.2 Å². The molecule has 0 N–H and O–H groups in total. The molecule has 1 aromatic heterocycles. The summed E-state index contributed by atoms with van der Waals surface area (Å²) in [5.74, 6) is -0.617. The average molecular weight is 324 g/mol. The van der Waals surface area contributed by atoms with Gasteiger partial charge in [0.1, 0.15) is 0 Å². The Morgan fingerprint density at radius 3 is 2.61 bits per heavy atom. The predicted molar refractivity (Wildman–Crippen MR) is 87.3 cm³/mol. The Balaban J connectivity index is 2.11. The lowest BCUT2D eigenvalue weighted by Crippen LogP contribution is -2.24. The van der Waals surface area contributed by atoms with Crippen molar-refractivity contribution in [3.8, 4) is 17.1 Å². The zero-order valence-corrected chi connectivity index (χ0v) is 13.3. The van der Waals surface area contributed by atoms with Crippen molar-refractivity contribution >= 4 is 17.7 Å². The maximum atomic E-state index is 10.8. The standard InChI is InChI=1S/C17H15N3O2S/c1-12-6-5-7-13(10-12)16-18-19-17(23-11-15(21)22)20(16)14-8-3-2-4-9-14/h2-10H,11H2,1H3,(H,21,22)/p-1. The molecule has 5 nitrogen and oxygen atoms in total. The molecular weight excluding hydrogens is 310 g/mol. The third kappa shape index (κ3) is 3.43. The Hall–Kier alpha value is -2.60. The lowest BCUT2D eigenvalue weighted by Gasteiger charge is -2.10. The fourth-order valence-electron chi connectivity index (χ4n) is 2.27. The van der Waals surface area contributed by atoms with E-state index in [0.717, 1.165) is 28.6 Å². The molecule has 0 bridgehead atoms. The number of thioether (sulfide) groups is 1. The molecule has 0 saturated carbocycles. The number of carbonyl (C=O) groups excluding carboxylic acids is 1. The zero-order chi connectivity index (χ0) is 16.2. The van der Waals surface area contributed by atoms with Gasteiger partial charge in [0.05, 0.1) is 5.97 Å². The highest BCUT2D eigenvalue weighted by molar-refractivity contribution is 7.99. The van der Waals surface area contributed by atoms with E-state index in [1.165, 1.54) is 0 Å². The minimum absolute atomic E-state index is 0.168. The second-order valence-corrected chi connectivity index (χ2v) is 5.95. The van der Waals surface area contributed by atoms with Crippen molar-refractivity contribution in [2.45, 2.75) is 12.1 Å². The summed E-state index contributed by atoms with van der Waals surface area (Å²) in [6.45, 7) is 2.01. The van der Waals surface area contributed by atoms with E-state index >= 15 is 0 Å². The number of aliphatic carboxylic acids is 1. The Labute approximate surface area is 138 Å². The van der Waals surface area contributed by atoms with Crippen LogP contribution in [0.1, 0.15) is 5.56 Å². The molecule has 0 unspecified atom stereocenters. The van der Waals surface area contributed by atoms with Crippen molar-refractivity contribution in [2.75, 3.05) is 5.75 Å². The number of hydrogen-bond acceptors (Lipinski definition) is 5. The highest BCUT2D eigenvalue weighted by Crippen LogP contribution is 2.28. The highest BCUT2D eigenvalue weighted by atomic mass is 32.2. The number of benzene rings is 2. The maximum absolute atomic E-state index is 10.8. The van der Waals surface area contributed by atoms with Gasteiger partial charge in [-0.1, -0.05) is 53.7 Å². The van der Waals surface area contributed by atoms with Crippen LogP contribution in [-0.4, -0.2) is 26.5 Å². The van der Waals surface area contributed by atoms with Crippen LogP contribution in [0.4, 0.5) is 0 Å². The summed E-state index contributed by atoms with van der Waals surface area (Å²) in [4.78, 5) is 10.8. The molecular formula is C17H14N3O2S-. The molecule has 23 heavy (non-hydrogen) atoms. The van der Waals surface area contributed by atoms with E-state index in [-0.39, 0.29) is 5.75 Å². The molecule has 0 aliphatic rings. The molecule has 0 radical (unpaired) electrons. The fourth-order valence-corrected chi connectivity index (χ4v) is 2.93. The lowest BCUT2D eigenvalue weighted by molar-refractivity contribution is -0.301. The average Bonchev–Trinajstić information content (AvgIpc) is 2.97. The molecule has 6 heteroatoms. The SMILES string of the molecule is Cc1cccc(-c2nnc(SCC(=O)[O-])n2-c2ccccc2)c1. The second kappa shape index (κ2) is 6.66. The summed E-state index contributed by atoms with van der Waals surface area (Å²) >= 11 is 1.10. The van der Waals surface area contributed by atoms with Crippen LogP contribution < -0.4 is 5.11 Å². The van der Waals surface area contributed by atoms with Crippen LogP contribution in [0, 0.1) is 6.92 Å². The van der Waals surface area contributed by atoms with Gasteiger partial charge in [-0.2, -0.15) is 0 Å². The number of nitrogens with zero attached hydrogens (tertiary/aromatic N) is 3. The third-order valence-corrected chi connectivity index (χ3v) is 4.15. The Kier molecular flexibility index (Phi) is 4.43. The first-order chi connectivity index (χ1) is 11.1. The smallest absolute Gasteiger partial charge is 0.196 e. The Morgan fingerprint density at radius 2 is 1.91 bits per heavy atom. The number of carbonyl (C=O) groups is 1. The molecule has 0 atom stereocenters. The van der Waals surface area contributed by atoms with E-state index in [1.807, 2.05) is 66.1 Å². The number of aromatic nitrogens is 3. The number of carboxylic acid groups (broad SMARTS) is 1. The zero-order valence-electron chi connectivity index (χ0n) is 12.5. The summed E-state index contributed by atoms with van der Waals surface area (Å²) < 4.78 is 1.86. The van der Waals surface area contributed by atoms with Crippen LogP contribution >= 0.6 is 11.8 Å². The van der Waals surface area contributed by atoms with Gasteiger partial charge < -0.3 is 9.90 Å².